The van der Waals surface area contributed by atoms with Crippen LogP contribution in [0.2, 0.25) is 0 Å². The Morgan fingerprint density at radius 3 is 2.47 bits per heavy atom. The third-order valence-electron chi connectivity index (χ3n) is 4.34. The fourth-order valence-corrected chi connectivity index (χ4v) is 3.19. The normalized spacial score (nSPS) is 26.5. The maximum Gasteiger partial charge on any atom is 0.156 e. The summed E-state index contributed by atoms with van der Waals surface area (Å²) >= 11 is 0. The number of amidine groups is 1. The summed E-state index contributed by atoms with van der Waals surface area (Å²) in [7, 11) is 0. The van der Waals surface area contributed by atoms with Crippen molar-refractivity contribution in [2.45, 2.75) is 38.3 Å². The molecular formula is C13H26N4O2. The van der Waals surface area contributed by atoms with Crippen LogP contribution in [-0.4, -0.2) is 72.3 Å². The molecule has 2 heterocycles. The highest BCUT2D eigenvalue weighted by atomic mass is 16.5. The molecule has 0 spiro atoms. The highest BCUT2D eigenvalue weighted by molar-refractivity contribution is 5.85. The molecule has 0 aromatic carbocycles. The molecule has 2 rings (SSSR count). The summed E-state index contributed by atoms with van der Waals surface area (Å²) < 4.78 is 5.42. The van der Waals surface area contributed by atoms with Gasteiger partial charge in [-0.05, 0) is 19.3 Å². The Labute approximate surface area is 115 Å². The van der Waals surface area contributed by atoms with Crippen LogP contribution in [0.25, 0.3) is 0 Å². The fourth-order valence-electron chi connectivity index (χ4n) is 3.19. The maximum atomic E-state index is 8.83. The van der Waals surface area contributed by atoms with E-state index >= 15 is 0 Å². The highest BCUT2D eigenvalue weighted by Crippen LogP contribution is 2.18. The van der Waals surface area contributed by atoms with Gasteiger partial charge in [-0.15, -0.1) is 0 Å². The number of rotatable bonds is 4. The molecule has 6 nitrogen and oxygen atoms in total. The van der Waals surface area contributed by atoms with Crippen molar-refractivity contribution in [3.8, 4) is 0 Å². The third kappa shape index (κ3) is 3.58. The molecule has 0 radical (unpaired) electrons. The minimum atomic E-state index is 0.0711. The van der Waals surface area contributed by atoms with Crippen molar-refractivity contribution in [3.63, 3.8) is 0 Å². The van der Waals surface area contributed by atoms with Crippen LogP contribution in [0.3, 0.4) is 0 Å². The largest absolute Gasteiger partial charge is 0.409 e. The molecule has 0 aromatic heterocycles. The summed E-state index contributed by atoms with van der Waals surface area (Å²) in [5.41, 5.74) is 5.76. The van der Waals surface area contributed by atoms with Crippen molar-refractivity contribution in [2.24, 2.45) is 10.9 Å². The fraction of sp³-hybridized carbons (Fsp3) is 0.923. The number of piperazine rings is 1. The number of hydrogen-bond acceptors (Lipinski definition) is 5. The minimum absolute atomic E-state index is 0.0711. The molecule has 110 valence electrons. The average molecular weight is 270 g/mol. The van der Waals surface area contributed by atoms with E-state index in [1.54, 1.807) is 0 Å². The SMILES string of the molecule is CCC(C(N)=NO)N1CCN(C2CCOCC2)CC1. The summed E-state index contributed by atoms with van der Waals surface area (Å²) in [4.78, 5) is 4.89. The predicted molar refractivity (Wildman–Crippen MR) is 74.5 cm³/mol. The molecule has 0 bridgehead atoms. The molecule has 19 heavy (non-hydrogen) atoms. The number of oxime groups is 1. The van der Waals surface area contributed by atoms with Gasteiger partial charge in [0.25, 0.3) is 0 Å². The Balaban J connectivity index is 1.84. The summed E-state index contributed by atoms with van der Waals surface area (Å²) in [6.45, 7) is 7.99. The van der Waals surface area contributed by atoms with Crippen LogP contribution < -0.4 is 5.73 Å². The van der Waals surface area contributed by atoms with Gasteiger partial charge < -0.3 is 15.7 Å². The smallest absolute Gasteiger partial charge is 0.156 e. The lowest BCUT2D eigenvalue weighted by molar-refractivity contribution is 0.0105. The summed E-state index contributed by atoms with van der Waals surface area (Å²) in [6, 6.07) is 0.752. The molecule has 2 fully saturated rings. The quantitative estimate of drug-likeness (QED) is 0.333. The number of ether oxygens (including phenoxy) is 1. The first kappa shape index (κ1) is 14.6. The lowest BCUT2D eigenvalue weighted by Gasteiger charge is -2.42. The van der Waals surface area contributed by atoms with Gasteiger partial charge in [0, 0.05) is 45.4 Å². The predicted octanol–water partition coefficient (Wildman–Crippen LogP) is 0.308. The van der Waals surface area contributed by atoms with E-state index in [0.29, 0.717) is 11.9 Å². The van der Waals surface area contributed by atoms with Gasteiger partial charge in [0.15, 0.2) is 5.84 Å². The van der Waals surface area contributed by atoms with Gasteiger partial charge in [-0.3, -0.25) is 9.80 Å². The van der Waals surface area contributed by atoms with E-state index in [-0.39, 0.29) is 6.04 Å². The Kier molecular flexibility index (Phi) is 5.42. The standard InChI is InChI=1S/C13H26N4O2/c1-2-12(13(14)15-18)17-7-5-16(6-8-17)11-3-9-19-10-4-11/h11-12,18H,2-10H2,1H3,(H2,14,15). The summed E-state index contributed by atoms with van der Waals surface area (Å²) in [6.07, 6.45) is 3.18. The van der Waals surface area contributed by atoms with E-state index in [2.05, 4.69) is 21.9 Å². The molecule has 0 aromatic rings. The lowest BCUT2D eigenvalue weighted by Crippen LogP contribution is -2.56. The van der Waals surface area contributed by atoms with Crippen LogP contribution in [0.1, 0.15) is 26.2 Å². The first-order valence-electron chi connectivity index (χ1n) is 7.29. The van der Waals surface area contributed by atoms with E-state index in [0.717, 1.165) is 58.7 Å². The first-order valence-corrected chi connectivity index (χ1v) is 7.29. The topological polar surface area (TPSA) is 74.3 Å². The molecule has 0 aliphatic carbocycles. The van der Waals surface area contributed by atoms with E-state index in [9.17, 15) is 0 Å². The molecule has 3 N–H and O–H groups in total. The second kappa shape index (κ2) is 7.07. The van der Waals surface area contributed by atoms with Crippen LogP contribution in [0.4, 0.5) is 0 Å². The molecule has 1 unspecified atom stereocenters. The lowest BCUT2D eigenvalue weighted by atomic mass is 10.1. The van der Waals surface area contributed by atoms with Gasteiger partial charge in [0.05, 0.1) is 6.04 Å². The molecule has 0 amide bonds. The first-order chi connectivity index (χ1) is 9.26. The van der Waals surface area contributed by atoms with Gasteiger partial charge in [0.1, 0.15) is 0 Å². The van der Waals surface area contributed by atoms with E-state index in [1.807, 2.05) is 0 Å². The summed E-state index contributed by atoms with van der Waals surface area (Å²) in [5, 5.41) is 12.0. The Morgan fingerprint density at radius 2 is 1.95 bits per heavy atom. The van der Waals surface area contributed by atoms with Crippen molar-refractivity contribution >= 4 is 5.84 Å². The van der Waals surface area contributed by atoms with Crippen molar-refractivity contribution in [1.82, 2.24) is 9.80 Å². The number of nitrogens with two attached hydrogens (primary N) is 1. The van der Waals surface area contributed by atoms with Gasteiger partial charge in [-0.25, -0.2) is 0 Å². The van der Waals surface area contributed by atoms with Crippen molar-refractivity contribution < 1.29 is 9.94 Å². The molecular weight excluding hydrogens is 244 g/mol. The summed E-state index contributed by atoms with van der Waals surface area (Å²) in [5.74, 6) is 0.335. The van der Waals surface area contributed by atoms with Gasteiger partial charge in [-0.2, -0.15) is 0 Å². The molecule has 0 saturated carbocycles. The Hall–Kier alpha value is -0.850. The highest BCUT2D eigenvalue weighted by Gasteiger charge is 2.29. The average Bonchev–Trinajstić information content (AvgIpc) is 2.49. The van der Waals surface area contributed by atoms with Crippen molar-refractivity contribution in [2.75, 3.05) is 39.4 Å². The second-order valence-electron chi connectivity index (χ2n) is 5.36. The molecule has 6 heteroatoms. The van der Waals surface area contributed by atoms with Crippen LogP contribution >= 0.6 is 0 Å². The molecule has 2 aliphatic heterocycles. The van der Waals surface area contributed by atoms with Crippen LogP contribution in [0.15, 0.2) is 5.16 Å². The second-order valence-corrected chi connectivity index (χ2v) is 5.36. The third-order valence-corrected chi connectivity index (χ3v) is 4.34. The zero-order valence-corrected chi connectivity index (χ0v) is 11.8. The van der Waals surface area contributed by atoms with Crippen molar-refractivity contribution in [1.29, 1.82) is 0 Å². The van der Waals surface area contributed by atoms with Crippen LogP contribution in [0.5, 0.6) is 0 Å². The Bertz CT molecular complexity index is 297. The Morgan fingerprint density at radius 1 is 1.32 bits per heavy atom. The molecule has 2 aliphatic rings. The molecule has 2 saturated heterocycles. The van der Waals surface area contributed by atoms with Crippen molar-refractivity contribution in [3.05, 3.63) is 0 Å². The molecule has 1 atom stereocenters. The van der Waals surface area contributed by atoms with Crippen LogP contribution in [-0.2, 0) is 4.74 Å². The number of hydrogen-bond donors (Lipinski definition) is 2. The van der Waals surface area contributed by atoms with E-state index in [4.69, 9.17) is 15.7 Å². The van der Waals surface area contributed by atoms with Gasteiger partial charge in [0.2, 0.25) is 0 Å². The monoisotopic (exact) mass is 270 g/mol. The zero-order chi connectivity index (χ0) is 13.7. The van der Waals surface area contributed by atoms with Crippen LogP contribution in [0, 0.1) is 0 Å². The van der Waals surface area contributed by atoms with Gasteiger partial charge in [-0.1, -0.05) is 12.1 Å². The van der Waals surface area contributed by atoms with E-state index < -0.39 is 0 Å². The van der Waals surface area contributed by atoms with E-state index in [1.165, 1.54) is 0 Å². The zero-order valence-electron chi connectivity index (χ0n) is 11.8. The minimum Gasteiger partial charge on any atom is -0.409 e. The maximum absolute atomic E-state index is 8.83. The van der Waals surface area contributed by atoms with Gasteiger partial charge >= 0.3 is 0 Å². The number of nitrogens with zero attached hydrogens (tertiary/aromatic N) is 3.